The Labute approximate surface area is 192 Å². The van der Waals surface area contributed by atoms with Gasteiger partial charge in [0.1, 0.15) is 5.75 Å². The summed E-state index contributed by atoms with van der Waals surface area (Å²) in [5, 5.41) is 6.16. The highest BCUT2D eigenvalue weighted by Gasteiger charge is 2.22. The molecule has 2 rings (SSSR count). The van der Waals surface area contributed by atoms with E-state index in [9.17, 15) is 4.79 Å². The van der Waals surface area contributed by atoms with Gasteiger partial charge in [-0.1, -0.05) is 6.07 Å². The zero-order valence-corrected chi connectivity index (χ0v) is 20.8. The van der Waals surface area contributed by atoms with Crippen LogP contribution >= 0.6 is 24.0 Å². The molecule has 1 aliphatic rings. The van der Waals surface area contributed by atoms with Crippen LogP contribution in [0.2, 0.25) is 0 Å². The van der Waals surface area contributed by atoms with E-state index in [1.165, 1.54) is 16.7 Å². The number of carbonyl (C=O) groups is 1. The molecule has 1 aliphatic heterocycles. The zero-order chi connectivity index (χ0) is 20.5. The number of aliphatic imine (C=N–C) groups is 1. The van der Waals surface area contributed by atoms with Gasteiger partial charge in [-0.2, -0.15) is 0 Å². The molecule has 0 saturated carbocycles. The first-order valence-electron chi connectivity index (χ1n) is 10.3. The highest BCUT2D eigenvalue weighted by molar-refractivity contribution is 14.0. The molecule has 29 heavy (non-hydrogen) atoms. The lowest BCUT2D eigenvalue weighted by Crippen LogP contribution is -2.46. The fraction of sp³-hybridized carbons (Fsp3) is 0.636. The van der Waals surface area contributed by atoms with Crippen molar-refractivity contribution in [3.05, 3.63) is 28.8 Å². The highest BCUT2D eigenvalue weighted by atomic mass is 127. The molecule has 0 aliphatic carbocycles. The molecular weight excluding hydrogens is 479 g/mol. The van der Waals surface area contributed by atoms with Gasteiger partial charge in [0.05, 0.1) is 6.61 Å². The van der Waals surface area contributed by atoms with Crippen LogP contribution in [0, 0.1) is 26.7 Å². The monoisotopic (exact) mass is 516 g/mol. The fourth-order valence-electron chi connectivity index (χ4n) is 3.65. The first-order valence-corrected chi connectivity index (χ1v) is 10.3. The Hall–Kier alpha value is -1.51. The summed E-state index contributed by atoms with van der Waals surface area (Å²) in [6.45, 7) is 9.73. The number of carbonyl (C=O) groups excluding carboxylic acids is 1. The van der Waals surface area contributed by atoms with Gasteiger partial charge < -0.3 is 20.3 Å². The van der Waals surface area contributed by atoms with Gasteiger partial charge >= 0.3 is 0 Å². The summed E-state index contributed by atoms with van der Waals surface area (Å²) in [7, 11) is 3.53. The van der Waals surface area contributed by atoms with Crippen molar-refractivity contribution in [3.63, 3.8) is 0 Å². The normalized spacial score (nSPS) is 14.9. The largest absolute Gasteiger partial charge is 0.493 e. The summed E-state index contributed by atoms with van der Waals surface area (Å²) in [4.78, 5) is 18.2. The fourth-order valence-corrected chi connectivity index (χ4v) is 3.65. The molecule has 1 aromatic rings. The minimum absolute atomic E-state index is 0. The summed E-state index contributed by atoms with van der Waals surface area (Å²) in [6.07, 6.45) is 3.61. The minimum atomic E-state index is 0. The predicted octanol–water partition coefficient (Wildman–Crippen LogP) is 3.42. The molecule has 0 aromatic heterocycles. The molecule has 1 saturated heterocycles. The lowest BCUT2D eigenvalue weighted by atomic mass is 9.93. The second kappa shape index (κ2) is 12.9. The van der Waals surface area contributed by atoms with E-state index >= 15 is 0 Å². The molecule has 1 amide bonds. The van der Waals surface area contributed by atoms with E-state index in [1.807, 2.05) is 7.05 Å². The number of nitrogens with zero attached hydrogens (tertiary/aromatic N) is 2. The van der Waals surface area contributed by atoms with Crippen LogP contribution < -0.4 is 15.4 Å². The van der Waals surface area contributed by atoms with Gasteiger partial charge in [-0.3, -0.25) is 9.79 Å². The SMILES string of the molecule is CN=C(NCCCOc1cc(C)cc(C)c1C)N1CCC(CC(=O)NC)CC1.I. The van der Waals surface area contributed by atoms with Crippen molar-refractivity contribution in [1.29, 1.82) is 0 Å². The lowest BCUT2D eigenvalue weighted by molar-refractivity contribution is -0.121. The third-order valence-electron chi connectivity index (χ3n) is 5.50. The molecule has 0 unspecified atom stereocenters. The van der Waals surface area contributed by atoms with Crippen LogP contribution in [0.3, 0.4) is 0 Å². The van der Waals surface area contributed by atoms with Crippen LogP contribution in [-0.4, -0.2) is 57.1 Å². The highest BCUT2D eigenvalue weighted by Crippen LogP contribution is 2.23. The maximum absolute atomic E-state index is 11.5. The smallest absolute Gasteiger partial charge is 0.220 e. The maximum Gasteiger partial charge on any atom is 0.220 e. The average molecular weight is 516 g/mol. The Balaban J connectivity index is 0.00000420. The number of guanidine groups is 1. The Bertz CT molecular complexity index is 686. The Morgan fingerprint density at radius 1 is 1.24 bits per heavy atom. The molecule has 1 aromatic carbocycles. The van der Waals surface area contributed by atoms with Gasteiger partial charge in [-0.25, -0.2) is 0 Å². The molecule has 6 nitrogen and oxygen atoms in total. The molecular formula is C22H37IN4O2. The number of hydrogen-bond acceptors (Lipinski definition) is 3. The second-order valence-corrected chi connectivity index (χ2v) is 7.69. The number of piperidine rings is 1. The Morgan fingerprint density at radius 3 is 2.55 bits per heavy atom. The number of nitrogens with one attached hydrogen (secondary N) is 2. The predicted molar refractivity (Wildman–Crippen MR) is 131 cm³/mol. The zero-order valence-electron chi connectivity index (χ0n) is 18.5. The van der Waals surface area contributed by atoms with Gasteiger partial charge in [0.15, 0.2) is 5.96 Å². The first-order chi connectivity index (χ1) is 13.4. The van der Waals surface area contributed by atoms with Crippen molar-refractivity contribution in [2.45, 2.75) is 46.5 Å². The van der Waals surface area contributed by atoms with Gasteiger partial charge in [-0.15, -0.1) is 24.0 Å². The van der Waals surface area contributed by atoms with Crippen LogP contribution in [-0.2, 0) is 4.79 Å². The van der Waals surface area contributed by atoms with Crippen molar-refractivity contribution in [1.82, 2.24) is 15.5 Å². The van der Waals surface area contributed by atoms with Crippen LogP contribution in [0.5, 0.6) is 5.75 Å². The standard InChI is InChI=1S/C22H36N4O2.HI/c1-16-13-17(2)18(3)20(14-16)28-12-6-9-25-22(24-5)26-10-7-19(8-11-26)15-21(27)23-4;/h13-14,19H,6-12,15H2,1-5H3,(H,23,27)(H,24,25);1H. The Morgan fingerprint density at radius 2 is 1.93 bits per heavy atom. The van der Waals surface area contributed by atoms with E-state index in [-0.39, 0.29) is 29.9 Å². The van der Waals surface area contributed by atoms with E-state index in [0.29, 0.717) is 18.9 Å². The maximum atomic E-state index is 11.5. The molecule has 7 heteroatoms. The first kappa shape index (κ1) is 25.5. The molecule has 0 atom stereocenters. The van der Waals surface area contributed by atoms with E-state index < -0.39 is 0 Å². The molecule has 1 fully saturated rings. The number of aryl methyl sites for hydroxylation is 2. The molecule has 0 spiro atoms. The quantitative estimate of drug-likeness (QED) is 0.252. The van der Waals surface area contributed by atoms with Crippen LogP contribution in [0.4, 0.5) is 0 Å². The van der Waals surface area contributed by atoms with E-state index in [4.69, 9.17) is 4.74 Å². The van der Waals surface area contributed by atoms with Crippen LogP contribution in [0.25, 0.3) is 0 Å². The number of ether oxygens (including phenoxy) is 1. The van der Waals surface area contributed by atoms with Crippen molar-refractivity contribution < 1.29 is 9.53 Å². The number of rotatable bonds is 7. The number of halogens is 1. The summed E-state index contributed by atoms with van der Waals surface area (Å²) < 4.78 is 5.99. The van der Waals surface area contributed by atoms with Gasteiger partial charge in [0.2, 0.25) is 5.91 Å². The number of benzene rings is 1. The number of likely N-dealkylation sites (tertiary alicyclic amines) is 1. The van der Waals surface area contributed by atoms with Crippen LogP contribution in [0.1, 0.15) is 42.4 Å². The lowest BCUT2D eigenvalue weighted by Gasteiger charge is -2.34. The van der Waals surface area contributed by atoms with E-state index in [0.717, 1.165) is 50.6 Å². The second-order valence-electron chi connectivity index (χ2n) is 7.69. The average Bonchev–Trinajstić information content (AvgIpc) is 2.69. The van der Waals surface area contributed by atoms with Crippen molar-refractivity contribution in [3.8, 4) is 5.75 Å². The van der Waals surface area contributed by atoms with Gasteiger partial charge in [-0.05, 0) is 68.7 Å². The summed E-state index contributed by atoms with van der Waals surface area (Å²) in [5.74, 6) is 2.55. The van der Waals surface area contributed by atoms with Crippen molar-refractivity contribution >= 4 is 35.8 Å². The molecule has 0 bridgehead atoms. The van der Waals surface area contributed by atoms with Crippen LogP contribution in [0.15, 0.2) is 17.1 Å². The third-order valence-corrected chi connectivity index (χ3v) is 5.50. The van der Waals surface area contributed by atoms with E-state index in [2.05, 4.69) is 53.4 Å². The minimum Gasteiger partial charge on any atom is -0.493 e. The molecule has 1 heterocycles. The third kappa shape index (κ3) is 8.03. The van der Waals surface area contributed by atoms with Crippen molar-refractivity contribution in [2.24, 2.45) is 10.9 Å². The Kier molecular flexibility index (Phi) is 11.4. The summed E-state index contributed by atoms with van der Waals surface area (Å²) in [6, 6.07) is 4.29. The summed E-state index contributed by atoms with van der Waals surface area (Å²) in [5.41, 5.74) is 3.72. The van der Waals surface area contributed by atoms with E-state index in [1.54, 1.807) is 7.05 Å². The van der Waals surface area contributed by atoms with Crippen molar-refractivity contribution in [2.75, 3.05) is 40.3 Å². The molecule has 2 N–H and O–H groups in total. The van der Waals surface area contributed by atoms with Gasteiger partial charge in [0, 0.05) is 40.2 Å². The number of amides is 1. The topological polar surface area (TPSA) is 66.0 Å². The molecule has 164 valence electrons. The number of hydrogen-bond donors (Lipinski definition) is 2. The molecule has 0 radical (unpaired) electrons. The summed E-state index contributed by atoms with van der Waals surface area (Å²) >= 11 is 0. The van der Waals surface area contributed by atoms with Gasteiger partial charge in [0.25, 0.3) is 0 Å².